The first kappa shape index (κ1) is 27.7. The molecule has 0 aliphatic rings. The molecule has 3 aromatic carbocycles. The van der Waals surface area contributed by atoms with E-state index in [1.807, 2.05) is 13.8 Å². The van der Waals surface area contributed by atoms with Crippen molar-refractivity contribution in [2.75, 3.05) is 12.8 Å². The van der Waals surface area contributed by atoms with Gasteiger partial charge in [-0.15, -0.1) is 0 Å². The molecule has 0 unspecified atom stereocenters. The number of halogens is 2. The zero-order chi connectivity index (χ0) is 23.8. The Morgan fingerprint density at radius 1 is 0.812 bits per heavy atom. The summed E-state index contributed by atoms with van der Waals surface area (Å²) in [4.78, 5) is 14.7. The summed E-state index contributed by atoms with van der Waals surface area (Å²) in [7, 11) is -0.0146. The van der Waals surface area contributed by atoms with Gasteiger partial charge in [0, 0.05) is 6.54 Å². The minimum Gasteiger partial charge on any atom is -0.350 e. The average Bonchev–Trinajstić information content (AvgIpc) is 2.86. The lowest BCUT2D eigenvalue weighted by Gasteiger charge is -2.11. The van der Waals surface area contributed by atoms with Gasteiger partial charge >= 0.3 is 11.2 Å². The van der Waals surface area contributed by atoms with Crippen molar-refractivity contribution in [3.05, 3.63) is 91.0 Å². The predicted molar refractivity (Wildman–Crippen MR) is 135 cm³/mol. The number of hydrogen-bond donors (Lipinski definition) is 1. The van der Waals surface area contributed by atoms with Crippen molar-refractivity contribution in [2.45, 2.75) is 47.1 Å². The lowest BCUT2D eigenvalue weighted by atomic mass is 10.4. The van der Waals surface area contributed by atoms with Gasteiger partial charge in [0.05, 0.1) is 10.9 Å². The van der Waals surface area contributed by atoms with E-state index in [1.54, 1.807) is 6.92 Å². The van der Waals surface area contributed by atoms with E-state index in [0.717, 1.165) is 0 Å². The van der Waals surface area contributed by atoms with Gasteiger partial charge in [-0.25, -0.2) is 0 Å². The second-order valence-electron chi connectivity index (χ2n) is 6.22. The van der Waals surface area contributed by atoms with Crippen LogP contribution >= 0.6 is 11.8 Å². The molecular formula is C26H32F2NOS2+. The van der Waals surface area contributed by atoms with E-state index in [0.29, 0.717) is 13.0 Å². The van der Waals surface area contributed by atoms with E-state index in [4.69, 9.17) is 0 Å². The molecule has 32 heavy (non-hydrogen) atoms. The second-order valence-corrected chi connectivity index (χ2v) is 9.17. The molecule has 1 amide bonds. The van der Waals surface area contributed by atoms with Gasteiger partial charge in [0.15, 0.2) is 14.7 Å². The highest BCUT2D eigenvalue weighted by Gasteiger charge is 2.37. The standard InChI is InChI=1S/C18H15S.C6H11F2NOS.C2H6/c1-4-10-16(11-5-1)19(17-12-6-2-7-13-17)18-14-8-3-9-15-18;1-3-4-9-5(10)6(7,8)11-2;1-2/h1-15H;3-4H2,1-2H3,(H,9,10);1-2H3/q+1;;. The maximum absolute atomic E-state index is 12.4. The van der Waals surface area contributed by atoms with Crippen LogP contribution in [-0.4, -0.2) is 24.0 Å². The molecule has 0 atom stereocenters. The van der Waals surface area contributed by atoms with Gasteiger partial charge < -0.3 is 5.32 Å². The molecule has 0 aromatic heterocycles. The number of carbonyl (C=O) groups excluding carboxylic acids is 1. The van der Waals surface area contributed by atoms with Crippen molar-refractivity contribution in [2.24, 2.45) is 0 Å². The number of amides is 1. The second kappa shape index (κ2) is 15.5. The van der Waals surface area contributed by atoms with Crippen LogP contribution in [0.4, 0.5) is 8.78 Å². The Morgan fingerprint density at radius 3 is 1.44 bits per heavy atom. The minimum absolute atomic E-state index is 0.0146. The van der Waals surface area contributed by atoms with Gasteiger partial charge in [-0.2, -0.15) is 8.78 Å². The van der Waals surface area contributed by atoms with Gasteiger partial charge in [-0.1, -0.05) is 87.1 Å². The molecule has 2 nitrogen and oxygen atoms in total. The molecule has 6 heteroatoms. The van der Waals surface area contributed by atoms with E-state index < -0.39 is 11.2 Å². The third-order valence-electron chi connectivity index (χ3n) is 3.99. The van der Waals surface area contributed by atoms with E-state index in [1.165, 1.54) is 20.9 Å². The summed E-state index contributed by atoms with van der Waals surface area (Å²) in [6.07, 6.45) is 1.86. The van der Waals surface area contributed by atoms with Crippen LogP contribution in [-0.2, 0) is 15.7 Å². The van der Waals surface area contributed by atoms with E-state index in [9.17, 15) is 13.6 Å². The zero-order valence-corrected chi connectivity index (χ0v) is 20.7. The molecule has 3 rings (SSSR count). The molecule has 0 saturated carbocycles. The fourth-order valence-electron chi connectivity index (χ4n) is 2.51. The van der Waals surface area contributed by atoms with Gasteiger partial charge in [0.25, 0.3) is 0 Å². The first-order chi connectivity index (χ1) is 15.5. The van der Waals surface area contributed by atoms with Crippen LogP contribution in [0.5, 0.6) is 0 Å². The van der Waals surface area contributed by atoms with Crippen LogP contribution in [0.1, 0.15) is 27.2 Å². The number of rotatable bonds is 7. The van der Waals surface area contributed by atoms with Crippen LogP contribution < -0.4 is 5.32 Å². The van der Waals surface area contributed by atoms with Gasteiger partial charge in [-0.05, 0) is 49.1 Å². The van der Waals surface area contributed by atoms with Crippen LogP contribution in [0, 0.1) is 0 Å². The highest BCUT2D eigenvalue weighted by molar-refractivity contribution is 8.00. The quantitative estimate of drug-likeness (QED) is 0.363. The average molecular weight is 477 g/mol. The fraction of sp³-hybridized carbons (Fsp3) is 0.269. The predicted octanol–water partition coefficient (Wildman–Crippen LogP) is 7.28. The third-order valence-corrected chi connectivity index (χ3v) is 6.92. The maximum Gasteiger partial charge on any atom is 0.370 e. The number of nitrogens with one attached hydrogen (secondary N) is 1. The summed E-state index contributed by atoms with van der Waals surface area (Å²) >= 11 is 0.240. The van der Waals surface area contributed by atoms with Crippen molar-refractivity contribution in [3.8, 4) is 0 Å². The first-order valence-electron chi connectivity index (χ1n) is 10.6. The van der Waals surface area contributed by atoms with Crippen molar-refractivity contribution in [1.29, 1.82) is 0 Å². The van der Waals surface area contributed by atoms with E-state index in [2.05, 4.69) is 96.3 Å². The van der Waals surface area contributed by atoms with Crippen molar-refractivity contribution >= 4 is 28.6 Å². The smallest absolute Gasteiger partial charge is 0.350 e. The summed E-state index contributed by atoms with van der Waals surface area (Å²) in [5.74, 6) is -1.20. The molecule has 0 bridgehead atoms. The third kappa shape index (κ3) is 9.05. The zero-order valence-electron chi connectivity index (χ0n) is 19.1. The SMILES string of the molecule is CC.CCCNC(=O)C(F)(F)SC.c1ccc([S+](c2ccccc2)c2ccccc2)cc1. The Balaban J connectivity index is 0.000000340. The van der Waals surface area contributed by atoms with Crippen molar-refractivity contribution in [1.82, 2.24) is 5.32 Å². The molecule has 0 aliphatic carbocycles. The molecule has 1 N–H and O–H groups in total. The largest absolute Gasteiger partial charge is 0.370 e. The lowest BCUT2D eigenvalue weighted by Crippen LogP contribution is -2.37. The van der Waals surface area contributed by atoms with Crippen molar-refractivity contribution < 1.29 is 13.6 Å². The Kier molecular flexibility index (Phi) is 13.4. The number of alkyl halides is 2. The molecule has 3 aromatic rings. The molecule has 0 spiro atoms. The molecule has 0 fully saturated rings. The molecule has 0 radical (unpaired) electrons. The van der Waals surface area contributed by atoms with Gasteiger partial charge in [0.1, 0.15) is 0 Å². The number of thioether (sulfide) groups is 1. The van der Waals surface area contributed by atoms with E-state index in [-0.39, 0.29) is 22.7 Å². The van der Waals surface area contributed by atoms with Crippen molar-refractivity contribution in [3.63, 3.8) is 0 Å². The topological polar surface area (TPSA) is 29.1 Å². The molecular weight excluding hydrogens is 444 g/mol. The summed E-state index contributed by atoms with van der Waals surface area (Å²) in [5.41, 5.74) is 0. The minimum atomic E-state index is -3.28. The molecule has 0 aliphatic heterocycles. The summed E-state index contributed by atoms with van der Waals surface area (Å²) in [6, 6.07) is 32.2. The first-order valence-corrected chi connectivity index (χ1v) is 13.0. The Morgan fingerprint density at radius 2 is 1.16 bits per heavy atom. The summed E-state index contributed by atoms with van der Waals surface area (Å²) in [6.45, 7) is 6.10. The monoisotopic (exact) mass is 476 g/mol. The number of benzene rings is 3. The fourth-order valence-corrected chi connectivity index (χ4v) is 4.87. The van der Waals surface area contributed by atoms with Crippen LogP contribution in [0.15, 0.2) is 106 Å². The lowest BCUT2D eigenvalue weighted by molar-refractivity contribution is -0.134. The highest BCUT2D eigenvalue weighted by atomic mass is 32.2. The molecule has 172 valence electrons. The Labute approximate surface area is 198 Å². The van der Waals surface area contributed by atoms with Crippen LogP contribution in [0.25, 0.3) is 0 Å². The Bertz CT molecular complexity index is 784. The number of carbonyl (C=O) groups is 1. The van der Waals surface area contributed by atoms with Crippen LogP contribution in [0.2, 0.25) is 0 Å². The maximum atomic E-state index is 12.4. The van der Waals surface area contributed by atoms with Crippen LogP contribution in [0.3, 0.4) is 0 Å². The number of hydrogen-bond acceptors (Lipinski definition) is 2. The Hall–Kier alpha value is -2.31. The highest BCUT2D eigenvalue weighted by Crippen LogP contribution is 2.30. The van der Waals surface area contributed by atoms with E-state index >= 15 is 0 Å². The van der Waals surface area contributed by atoms with Gasteiger partial charge in [-0.3, -0.25) is 4.79 Å². The molecule has 0 heterocycles. The normalized spacial score (nSPS) is 10.3. The summed E-state index contributed by atoms with van der Waals surface area (Å²) in [5, 5.41) is -1.17. The van der Waals surface area contributed by atoms with Gasteiger partial charge in [0.2, 0.25) is 0 Å². The summed E-state index contributed by atoms with van der Waals surface area (Å²) < 4.78 is 24.8. The molecule has 0 saturated heterocycles.